The lowest BCUT2D eigenvalue weighted by Crippen LogP contribution is -2.58. The minimum atomic E-state index is -1.08. The summed E-state index contributed by atoms with van der Waals surface area (Å²) in [6, 6.07) is 3.08. The Kier molecular flexibility index (Phi) is 4.28. The second-order valence-corrected chi connectivity index (χ2v) is 7.71. The van der Waals surface area contributed by atoms with Gasteiger partial charge in [-0.05, 0) is 39.8 Å². The number of hydrogen-bond acceptors (Lipinski definition) is 6. The highest BCUT2D eigenvalue weighted by Crippen LogP contribution is 2.44. The van der Waals surface area contributed by atoms with Crippen LogP contribution in [0.1, 0.15) is 27.7 Å². The van der Waals surface area contributed by atoms with Crippen LogP contribution in [0, 0.1) is 11.6 Å². The fourth-order valence-electron chi connectivity index (χ4n) is 3.61. The topological polar surface area (TPSA) is 75.3 Å². The number of ether oxygens (including phenoxy) is 5. The third-order valence-corrected chi connectivity index (χ3v) is 4.60. The maximum Gasteiger partial charge on any atom is 0.256 e. The predicted octanol–water partition coefficient (Wildman–Crippen LogP) is 2.30. The predicted molar refractivity (Wildman–Crippen MR) is 87.5 cm³/mol. The van der Waals surface area contributed by atoms with Crippen LogP contribution in [0.4, 0.5) is 14.5 Å². The first kappa shape index (κ1) is 18.7. The van der Waals surface area contributed by atoms with E-state index in [4.69, 9.17) is 23.7 Å². The van der Waals surface area contributed by atoms with Gasteiger partial charge in [0.1, 0.15) is 18.3 Å². The zero-order valence-electron chi connectivity index (χ0n) is 15.3. The minimum absolute atomic E-state index is 0.100. The van der Waals surface area contributed by atoms with E-state index < -0.39 is 59.8 Å². The molecule has 0 saturated carbocycles. The standard InChI is InChI=1S/C18H21F2NO6/c1-17(2)24-11-12(25-17)14-16(27-18(3,4)26-14)23-13(11)15(22)21-8-5-6-9(19)10(20)7-8/h5-7,11-14,16H,1-4H3,(H,21,22)/t11-,12-,13+,14-,16+/m1/s1. The molecule has 27 heavy (non-hydrogen) atoms. The lowest BCUT2D eigenvalue weighted by molar-refractivity contribution is -0.229. The van der Waals surface area contributed by atoms with E-state index in [2.05, 4.69) is 5.32 Å². The van der Waals surface area contributed by atoms with Crippen LogP contribution in [-0.2, 0) is 28.5 Å². The second kappa shape index (κ2) is 6.18. The molecule has 1 N–H and O–H groups in total. The van der Waals surface area contributed by atoms with Gasteiger partial charge in [-0.2, -0.15) is 0 Å². The molecule has 9 heteroatoms. The fraction of sp³-hybridized carbons (Fsp3) is 0.611. The van der Waals surface area contributed by atoms with Gasteiger partial charge in [0.25, 0.3) is 5.91 Å². The molecule has 1 aromatic carbocycles. The van der Waals surface area contributed by atoms with E-state index in [1.54, 1.807) is 27.7 Å². The molecule has 3 aliphatic rings. The van der Waals surface area contributed by atoms with Crippen molar-refractivity contribution in [3.8, 4) is 0 Å². The van der Waals surface area contributed by atoms with Crippen LogP contribution in [0.2, 0.25) is 0 Å². The Morgan fingerprint density at radius 2 is 1.56 bits per heavy atom. The van der Waals surface area contributed by atoms with Crippen LogP contribution in [0.5, 0.6) is 0 Å². The van der Waals surface area contributed by atoms with Gasteiger partial charge in [0.05, 0.1) is 0 Å². The van der Waals surface area contributed by atoms with Gasteiger partial charge >= 0.3 is 0 Å². The van der Waals surface area contributed by atoms with Crippen LogP contribution in [0.25, 0.3) is 0 Å². The van der Waals surface area contributed by atoms with Crippen LogP contribution < -0.4 is 5.32 Å². The van der Waals surface area contributed by atoms with E-state index >= 15 is 0 Å². The fourth-order valence-corrected chi connectivity index (χ4v) is 3.61. The number of carbonyl (C=O) groups excluding carboxylic acids is 1. The van der Waals surface area contributed by atoms with Crippen LogP contribution in [-0.4, -0.2) is 48.2 Å². The van der Waals surface area contributed by atoms with Crippen LogP contribution in [0.15, 0.2) is 18.2 Å². The summed E-state index contributed by atoms with van der Waals surface area (Å²) in [5, 5.41) is 2.52. The maximum atomic E-state index is 13.4. The molecule has 3 heterocycles. The highest BCUT2D eigenvalue weighted by atomic mass is 19.2. The summed E-state index contributed by atoms with van der Waals surface area (Å²) < 4.78 is 55.7. The van der Waals surface area contributed by atoms with E-state index in [1.165, 1.54) is 6.07 Å². The lowest BCUT2D eigenvalue weighted by Gasteiger charge is -2.36. The van der Waals surface area contributed by atoms with Gasteiger partial charge in [-0.1, -0.05) is 0 Å². The minimum Gasteiger partial charge on any atom is -0.342 e. The molecule has 4 rings (SSSR count). The van der Waals surface area contributed by atoms with E-state index in [9.17, 15) is 13.6 Å². The summed E-state index contributed by atoms with van der Waals surface area (Å²) >= 11 is 0. The largest absolute Gasteiger partial charge is 0.342 e. The lowest BCUT2D eigenvalue weighted by atomic mass is 9.98. The molecule has 0 aliphatic carbocycles. The molecule has 3 aliphatic heterocycles. The quantitative estimate of drug-likeness (QED) is 0.842. The summed E-state index contributed by atoms with van der Waals surface area (Å²) in [5.41, 5.74) is 0.100. The number of rotatable bonds is 2. The molecule has 3 fully saturated rings. The van der Waals surface area contributed by atoms with Crippen molar-refractivity contribution in [1.29, 1.82) is 0 Å². The van der Waals surface area contributed by atoms with E-state index in [1.807, 2.05) is 0 Å². The van der Waals surface area contributed by atoms with Crippen molar-refractivity contribution in [1.82, 2.24) is 0 Å². The highest BCUT2D eigenvalue weighted by Gasteiger charge is 2.62. The summed E-state index contributed by atoms with van der Waals surface area (Å²) in [5.74, 6) is -4.49. The number of fused-ring (bicyclic) bond motifs is 3. The molecular formula is C18H21F2NO6. The molecule has 0 radical (unpaired) electrons. The van der Waals surface area contributed by atoms with Gasteiger partial charge in [0, 0.05) is 11.8 Å². The molecule has 1 amide bonds. The van der Waals surface area contributed by atoms with Crippen LogP contribution >= 0.6 is 0 Å². The van der Waals surface area contributed by atoms with Crippen molar-refractivity contribution in [2.45, 2.75) is 70.0 Å². The Morgan fingerprint density at radius 1 is 0.926 bits per heavy atom. The molecule has 5 atom stereocenters. The van der Waals surface area contributed by atoms with Gasteiger partial charge in [-0.3, -0.25) is 4.79 Å². The van der Waals surface area contributed by atoms with Crippen molar-refractivity contribution in [3.05, 3.63) is 29.8 Å². The van der Waals surface area contributed by atoms with E-state index in [0.29, 0.717) is 0 Å². The van der Waals surface area contributed by atoms with Crippen molar-refractivity contribution >= 4 is 11.6 Å². The molecule has 0 bridgehead atoms. The van der Waals surface area contributed by atoms with E-state index in [0.717, 1.165) is 12.1 Å². The Labute approximate surface area is 154 Å². The highest BCUT2D eigenvalue weighted by molar-refractivity contribution is 5.94. The molecule has 148 valence electrons. The second-order valence-electron chi connectivity index (χ2n) is 7.71. The SMILES string of the molecule is CC1(C)O[C@@H]2[C@@H](O1)[C@@H](C(=O)Nc1ccc(F)c(F)c1)O[C@H]1OC(C)(C)O[C@@H]12. The maximum absolute atomic E-state index is 13.4. The molecule has 3 saturated heterocycles. The molecular weight excluding hydrogens is 364 g/mol. The molecule has 0 unspecified atom stereocenters. The van der Waals surface area contributed by atoms with Crippen molar-refractivity contribution in [2.24, 2.45) is 0 Å². The van der Waals surface area contributed by atoms with E-state index in [-0.39, 0.29) is 5.69 Å². The normalized spacial score (nSPS) is 36.1. The Balaban J connectivity index is 1.57. The Bertz CT molecular complexity index is 770. The summed E-state index contributed by atoms with van der Waals surface area (Å²) in [6.07, 6.45) is -3.78. The van der Waals surface area contributed by atoms with Gasteiger partial charge in [0.2, 0.25) is 0 Å². The first-order valence-corrected chi connectivity index (χ1v) is 8.67. The van der Waals surface area contributed by atoms with Gasteiger partial charge in [-0.25, -0.2) is 8.78 Å². The van der Waals surface area contributed by atoms with Gasteiger partial charge in [-0.15, -0.1) is 0 Å². The first-order valence-electron chi connectivity index (χ1n) is 8.67. The van der Waals surface area contributed by atoms with Crippen molar-refractivity contribution in [3.63, 3.8) is 0 Å². The summed E-state index contributed by atoms with van der Waals surface area (Å²) in [4.78, 5) is 12.8. The third kappa shape index (κ3) is 3.45. The number of anilines is 1. The zero-order valence-corrected chi connectivity index (χ0v) is 15.3. The molecule has 0 aromatic heterocycles. The van der Waals surface area contributed by atoms with Crippen molar-refractivity contribution in [2.75, 3.05) is 5.32 Å². The number of benzene rings is 1. The average Bonchev–Trinajstić information content (AvgIpc) is 3.04. The summed E-state index contributed by atoms with van der Waals surface area (Å²) in [7, 11) is 0. The number of carbonyl (C=O) groups is 1. The van der Waals surface area contributed by atoms with Crippen molar-refractivity contribution < 1.29 is 37.3 Å². The molecule has 7 nitrogen and oxygen atoms in total. The third-order valence-electron chi connectivity index (χ3n) is 4.60. The number of hydrogen-bond donors (Lipinski definition) is 1. The smallest absolute Gasteiger partial charge is 0.256 e. The first-order chi connectivity index (χ1) is 12.5. The molecule has 1 aromatic rings. The number of halogens is 2. The number of nitrogens with one attached hydrogen (secondary N) is 1. The zero-order chi connectivity index (χ0) is 19.6. The van der Waals surface area contributed by atoms with Gasteiger partial charge in [0.15, 0.2) is 35.6 Å². The summed E-state index contributed by atoms with van der Waals surface area (Å²) in [6.45, 7) is 6.93. The Hall–Kier alpha value is -1.65. The monoisotopic (exact) mass is 385 g/mol. The Morgan fingerprint density at radius 3 is 2.26 bits per heavy atom. The van der Waals surface area contributed by atoms with Crippen LogP contribution in [0.3, 0.4) is 0 Å². The average molecular weight is 385 g/mol. The van der Waals surface area contributed by atoms with Gasteiger partial charge < -0.3 is 29.0 Å². The number of amides is 1. The molecule has 0 spiro atoms.